The second-order valence-corrected chi connectivity index (χ2v) is 2.02. The molecule has 0 aliphatic carbocycles. The van der Waals surface area contributed by atoms with E-state index in [9.17, 15) is 14.4 Å². The maximum atomic E-state index is 9.48. The Morgan fingerprint density at radius 3 is 2.00 bits per heavy atom. The molecular weight excluding hydrogens is 159 g/mol. The number of hydrogen-bond acceptors (Lipinski definition) is 4. The Labute approximate surface area is 77.5 Å². The minimum Gasteiger partial charge on any atom is -0.790 e. The Morgan fingerprint density at radius 2 is 2.00 bits per heavy atom. The summed E-state index contributed by atoms with van der Waals surface area (Å²) in [5.74, 6) is 0. The van der Waals surface area contributed by atoms with Gasteiger partial charge in [0, 0.05) is 6.61 Å². The molecule has 0 N–H and O–H groups in total. The molecule has 0 aromatic carbocycles. The van der Waals surface area contributed by atoms with Crippen molar-refractivity contribution >= 4 is 45.6 Å². The molecule has 0 aliphatic rings. The van der Waals surface area contributed by atoms with Gasteiger partial charge in [-0.05, 0) is 6.92 Å². The van der Waals surface area contributed by atoms with Gasteiger partial charge in [0.2, 0.25) is 0 Å². The van der Waals surface area contributed by atoms with Gasteiger partial charge in [0.25, 0.3) is 0 Å². The summed E-state index contributed by atoms with van der Waals surface area (Å²) in [6.07, 6.45) is 0. The van der Waals surface area contributed by atoms with E-state index >= 15 is 0 Å². The molecule has 0 spiro atoms. The second kappa shape index (κ2) is 5.18. The van der Waals surface area contributed by atoms with Crippen LogP contribution in [-0.2, 0) is 9.09 Å². The molecule has 8 heavy (non-hydrogen) atoms. The van der Waals surface area contributed by atoms with Gasteiger partial charge in [0.15, 0.2) is 0 Å². The minimum absolute atomic E-state index is 0. The van der Waals surface area contributed by atoms with Gasteiger partial charge in [-0.2, -0.15) is 0 Å². The molecule has 4 nitrogen and oxygen atoms in total. The zero-order chi connectivity index (χ0) is 5.91. The molecule has 0 unspecified atom stereocenters. The summed E-state index contributed by atoms with van der Waals surface area (Å²) in [6.45, 7) is 1.35. The zero-order valence-electron chi connectivity index (χ0n) is 4.49. The fourth-order valence-electron chi connectivity index (χ4n) is 0.158. The second-order valence-electron chi connectivity index (χ2n) is 0.865. The van der Waals surface area contributed by atoms with Crippen LogP contribution in [0.3, 0.4) is 0 Å². The SMILES string of the molecule is CCOP(=O)([O-])[O-].[Ca+2]. The van der Waals surface area contributed by atoms with Gasteiger partial charge in [0.05, 0.1) is 7.82 Å². The average molecular weight is 164 g/mol. The van der Waals surface area contributed by atoms with E-state index in [1.807, 2.05) is 0 Å². The quantitative estimate of drug-likeness (QED) is 0.366. The normalized spacial score (nSPS) is 10.4. The van der Waals surface area contributed by atoms with E-state index in [2.05, 4.69) is 4.52 Å². The van der Waals surface area contributed by atoms with Gasteiger partial charge in [-0.3, -0.25) is 0 Å². The number of rotatable bonds is 2. The first-order chi connectivity index (χ1) is 3.06. The van der Waals surface area contributed by atoms with E-state index in [-0.39, 0.29) is 44.3 Å². The molecular formula is C2H5CaO4P. The molecule has 44 valence electrons. The van der Waals surface area contributed by atoms with Crippen LogP contribution >= 0.6 is 7.82 Å². The summed E-state index contributed by atoms with van der Waals surface area (Å²) < 4.78 is 13.2. The van der Waals surface area contributed by atoms with Crippen molar-refractivity contribution in [2.24, 2.45) is 0 Å². The zero-order valence-corrected chi connectivity index (χ0v) is 7.60. The van der Waals surface area contributed by atoms with Crippen LogP contribution in [0.5, 0.6) is 0 Å². The van der Waals surface area contributed by atoms with Gasteiger partial charge < -0.3 is 18.9 Å². The Kier molecular flexibility index (Phi) is 7.82. The summed E-state index contributed by atoms with van der Waals surface area (Å²) in [5.41, 5.74) is 0. The van der Waals surface area contributed by atoms with Crippen molar-refractivity contribution in [2.75, 3.05) is 6.61 Å². The summed E-state index contributed by atoms with van der Waals surface area (Å²) in [7, 11) is -4.67. The van der Waals surface area contributed by atoms with Crippen LogP contribution in [-0.4, -0.2) is 44.3 Å². The van der Waals surface area contributed by atoms with Crippen LogP contribution in [0.2, 0.25) is 0 Å². The molecule has 0 aromatic heterocycles. The standard InChI is InChI=1S/C2H7O4P.Ca/c1-2-6-7(3,4)5;/h2H2,1H3,(H2,3,4,5);/q;+2/p-2. The van der Waals surface area contributed by atoms with E-state index in [1.165, 1.54) is 6.92 Å². The van der Waals surface area contributed by atoms with Crippen LogP contribution < -0.4 is 9.79 Å². The third-order valence-corrected chi connectivity index (χ3v) is 0.862. The number of phosphoric acid groups is 1. The van der Waals surface area contributed by atoms with Crippen molar-refractivity contribution in [1.29, 1.82) is 0 Å². The Hall–Kier alpha value is 1.37. The van der Waals surface area contributed by atoms with E-state index in [4.69, 9.17) is 0 Å². The Bertz CT molecular complexity index is 88.0. The van der Waals surface area contributed by atoms with Gasteiger partial charge in [0.1, 0.15) is 0 Å². The van der Waals surface area contributed by atoms with Gasteiger partial charge >= 0.3 is 37.7 Å². The van der Waals surface area contributed by atoms with Gasteiger partial charge in [-0.15, -0.1) is 0 Å². The molecule has 0 atom stereocenters. The van der Waals surface area contributed by atoms with E-state index in [1.54, 1.807) is 0 Å². The molecule has 0 saturated carbocycles. The van der Waals surface area contributed by atoms with Crippen molar-refractivity contribution in [3.8, 4) is 0 Å². The van der Waals surface area contributed by atoms with Gasteiger partial charge in [-0.1, -0.05) is 0 Å². The van der Waals surface area contributed by atoms with Crippen molar-refractivity contribution < 1.29 is 18.9 Å². The third-order valence-electron chi connectivity index (χ3n) is 0.287. The van der Waals surface area contributed by atoms with Crippen LogP contribution in [0, 0.1) is 0 Å². The minimum atomic E-state index is -4.67. The monoisotopic (exact) mass is 164 g/mol. The van der Waals surface area contributed by atoms with E-state index < -0.39 is 7.82 Å². The molecule has 6 heteroatoms. The fraction of sp³-hybridized carbons (Fsp3) is 1.00. The number of hydrogen-bond donors (Lipinski definition) is 0. The molecule has 0 amide bonds. The molecule has 0 rings (SSSR count). The predicted molar refractivity (Wildman–Crippen MR) is 25.0 cm³/mol. The molecule has 0 heterocycles. The smallest absolute Gasteiger partial charge is 0.790 e. The van der Waals surface area contributed by atoms with E-state index in [0.29, 0.717) is 0 Å². The van der Waals surface area contributed by atoms with Crippen molar-refractivity contribution in [1.82, 2.24) is 0 Å². The maximum Gasteiger partial charge on any atom is 2.00 e. The first-order valence-corrected chi connectivity index (χ1v) is 3.19. The summed E-state index contributed by atoms with van der Waals surface area (Å²) in [5, 5.41) is 0. The molecule has 0 saturated heterocycles. The summed E-state index contributed by atoms with van der Waals surface area (Å²) in [6, 6.07) is 0. The Morgan fingerprint density at radius 1 is 1.62 bits per heavy atom. The topological polar surface area (TPSA) is 72.4 Å². The van der Waals surface area contributed by atoms with Crippen LogP contribution in [0.1, 0.15) is 6.92 Å². The van der Waals surface area contributed by atoms with Crippen molar-refractivity contribution in [2.45, 2.75) is 6.92 Å². The van der Waals surface area contributed by atoms with Gasteiger partial charge in [-0.25, -0.2) is 0 Å². The first kappa shape index (κ1) is 12.1. The summed E-state index contributed by atoms with van der Waals surface area (Å²) >= 11 is 0. The maximum absolute atomic E-state index is 9.48. The van der Waals surface area contributed by atoms with Crippen molar-refractivity contribution in [3.05, 3.63) is 0 Å². The molecule has 0 fully saturated rings. The average Bonchev–Trinajstić information content (AvgIpc) is 1.30. The predicted octanol–water partition coefficient (Wildman–Crippen LogP) is -1.53. The molecule has 0 radical (unpaired) electrons. The fourth-order valence-corrected chi connectivity index (χ4v) is 0.474. The van der Waals surface area contributed by atoms with Crippen LogP contribution in [0.4, 0.5) is 0 Å². The number of phosphoric ester groups is 1. The van der Waals surface area contributed by atoms with Crippen LogP contribution in [0.25, 0.3) is 0 Å². The molecule has 0 aliphatic heterocycles. The summed E-state index contributed by atoms with van der Waals surface area (Å²) in [4.78, 5) is 19.0. The molecule has 0 bridgehead atoms. The third kappa shape index (κ3) is 10.4. The largest absolute Gasteiger partial charge is 2.00 e. The molecule has 0 aromatic rings. The van der Waals surface area contributed by atoms with Crippen LogP contribution in [0.15, 0.2) is 0 Å². The first-order valence-electron chi connectivity index (χ1n) is 1.73. The van der Waals surface area contributed by atoms with Crippen molar-refractivity contribution in [3.63, 3.8) is 0 Å². The van der Waals surface area contributed by atoms with E-state index in [0.717, 1.165) is 0 Å². The Balaban J connectivity index is 0.